The molecule has 0 aliphatic carbocycles. The van der Waals surface area contributed by atoms with E-state index in [0.717, 1.165) is 23.4 Å². The Bertz CT molecular complexity index is 673. The van der Waals surface area contributed by atoms with Crippen LogP contribution in [0.4, 0.5) is 5.69 Å². The van der Waals surface area contributed by atoms with Crippen LogP contribution < -0.4 is 9.62 Å². The van der Waals surface area contributed by atoms with E-state index in [2.05, 4.69) is 10.1 Å². The quantitative estimate of drug-likeness (QED) is 0.535. The lowest BCUT2D eigenvalue weighted by molar-refractivity contribution is -0.120. The summed E-state index contributed by atoms with van der Waals surface area (Å²) in [6, 6.07) is 6.11. The Kier molecular flexibility index (Phi) is 7.70. The molecule has 1 rings (SSSR count). The van der Waals surface area contributed by atoms with Crippen molar-refractivity contribution in [2.45, 2.75) is 26.2 Å². The van der Waals surface area contributed by atoms with E-state index < -0.39 is 16.0 Å². The molecule has 0 radical (unpaired) electrons. The molecule has 0 heterocycles. The molecule has 0 spiro atoms. The molecule has 0 aromatic heterocycles. The van der Waals surface area contributed by atoms with Crippen LogP contribution in [-0.4, -0.2) is 46.7 Å². The molecule has 0 aliphatic heterocycles. The Balaban J connectivity index is 2.88. The molecule has 1 aromatic carbocycles. The third-order valence-electron chi connectivity index (χ3n) is 3.35. The number of methoxy groups -OCH3 is 1. The van der Waals surface area contributed by atoms with Crippen LogP contribution in [-0.2, 0) is 19.6 Å². The zero-order valence-electron chi connectivity index (χ0n) is 14.2. The number of hydrogen-bond acceptors (Lipinski definition) is 5. The topological polar surface area (TPSA) is 92.8 Å². The lowest BCUT2D eigenvalue weighted by Crippen LogP contribution is -2.35. The number of carbonyl (C=O) groups is 2. The number of amides is 1. The lowest BCUT2D eigenvalue weighted by Gasteiger charge is -2.22. The maximum Gasteiger partial charge on any atom is 0.337 e. The summed E-state index contributed by atoms with van der Waals surface area (Å²) >= 11 is 0. The third-order valence-corrected chi connectivity index (χ3v) is 4.54. The largest absolute Gasteiger partial charge is 0.465 e. The van der Waals surface area contributed by atoms with Gasteiger partial charge in [0, 0.05) is 19.5 Å². The van der Waals surface area contributed by atoms with Gasteiger partial charge in [0.25, 0.3) is 0 Å². The summed E-state index contributed by atoms with van der Waals surface area (Å²) in [6.45, 7) is 2.60. The van der Waals surface area contributed by atoms with Crippen LogP contribution >= 0.6 is 0 Å². The summed E-state index contributed by atoms with van der Waals surface area (Å²) in [5, 5.41) is 2.75. The van der Waals surface area contributed by atoms with E-state index in [9.17, 15) is 18.0 Å². The smallest absolute Gasteiger partial charge is 0.337 e. The van der Waals surface area contributed by atoms with E-state index in [1.807, 2.05) is 6.92 Å². The normalized spacial score (nSPS) is 11.0. The SMILES string of the molecule is CCCCNC(=O)CCN(c1cccc(C(=O)OC)c1)S(C)(=O)=O. The van der Waals surface area contributed by atoms with Crippen LogP contribution in [0.15, 0.2) is 24.3 Å². The van der Waals surface area contributed by atoms with Crippen molar-refractivity contribution >= 4 is 27.6 Å². The average Bonchev–Trinajstić information content (AvgIpc) is 2.53. The van der Waals surface area contributed by atoms with Gasteiger partial charge < -0.3 is 10.1 Å². The summed E-state index contributed by atoms with van der Waals surface area (Å²) in [7, 11) is -2.33. The highest BCUT2D eigenvalue weighted by molar-refractivity contribution is 7.92. The second-order valence-corrected chi connectivity index (χ2v) is 7.24. The Morgan fingerprint density at radius 1 is 1.29 bits per heavy atom. The van der Waals surface area contributed by atoms with Crippen molar-refractivity contribution in [3.8, 4) is 0 Å². The van der Waals surface area contributed by atoms with E-state index in [1.54, 1.807) is 12.1 Å². The zero-order valence-corrected chi connectivity index (χ0v) is 15.1. The van der Waals surface area contributed by atoms with E-state index in [0.29, 0.717) is 12.2 Å². The van der Waals surface area contributed by atoms with Crippen molar-refractivity contribution in [2.75, 3.05) is 30.8 Å². The Hall–Kier alpha value is -2.09. The summed E-state index contributed by atoms with van der Waals surface area (Å²) in [5.41, 5.74) is 0.567. The van der Waals surface area contributed by atoms with Crippen molar-refractivity contribution in [3.63, 3.8) is 0 Å². The van der Waals surface area contributed by atoms with Gasteiger partial charge in [0.15, 0.2) is 0 Å². The zero-order chi connectivity index (χ0) is 18.2. The van der Waals surface area contributed by atoms with Gasteiger partial charge in [-0.25, -0.2) is 13.2 Å². The number of unbranched alkanes of at least 4 members (excludes halogenated alkanes) is 1. The molecule has 0 atom stereocenters. The predicted octanol–water partition coefficient (Wildman–Crippen LogP) is 1.55. The fraction of sp³-hybridized carbons (Fsp3) is 0.500. The minimum atomic E-state index is -3.59. The van der Waals surface area contributed by atoms with Crippen molar-refractivity contribution < 1.29 is 22.7 Å². The number of anilines is 1. The molecule has 24 heavy (non-hydrogen) atoms. The van der Waals surface area contributed by atoms with Gasteiger partial charge in [0.05, 0.1) is 24.6 Å². The Labute approximate surface area is 143 Å². The van der Waals surface area contributed by atoms with Crippen LogP contribution in [0.25, 0.3) is 0 Å². The average molecular weight is 356 g/mol. The number of sulfonamides is 1. The second-order valence-electron chi connectivity index (χ2n) is 5.33. The number of nitrogens with zero attached hydrogens (tertiary/aromatic N) is 1. The van der Waals surface area contributed by atoms with E-state index in [1.165, 1.54) is 19.2 Å². The molecule has 7 nitrogen and oxygen atoms in total. The van der Waals surface area contributed by atoms with E-state index >= 15 is 0 Å². The molecule has 0 fully saturated rings. The fourth-order valence-corrected chi connectivity index (χ4v) is 3.01. The molecule has 8 heteroatoms. The van der Waals surface area contributed by atoms with Crippen molar-refractivity contribution in [3.05, 3.63) is 29.8 Å². The van der Waals surface area contributed by atoms with Gasteiger partial charge in [-0.05, 0) is 24.6 Å². The second kappa shape index (κ2) is 9.27. The summed E-state index contributed by atoms with van der Waals surface area (Å²) in [4.78, 5) is 23.4. The number of rotatable bonds is 9. The van der Waals surface area contributed by atoms with Gasteiger partial charge in [-0.2, -0.15) is 0 Å². The van der Waals surface area contributed by atoms with Crippen LogP contribution in [0, 0.1) is 0 Å². The molecule has 1 amide bonds. The highest BCUT2D eigenvalue weighted by Crippen LogP contribution is 2.20. The molecule has 0 saturated carbocycles. The Morgan fingerprint density at radius 2 is 2.00 bits per heavy atom. The summed E-state index contributed by atoms with van der Waals surface area (Å²) in [5.74, 6) is -0.760. The first-order chi connectivity index (χ1) is 11.3. The number of carbonyl (C=O) groups excluding carboxylic acids is 2. The molecule has 1 aromatic rings. The molecular weight excluding hydrogens is 332 g/mol. The molecule has 0 saturated heterocycles. The van der Waals surface area contributed by atoms with Crippen LogP contribution in [0.2, 0.25) is 0 Å². The van der Waals surface area contributed by atoms with Crippen molar-refractivity contribution in [2.24, 2.45) is 0 Å². The number of ether oxygens (including phenoxy) is 1. The van der Waals surface area contributed by atoms with Gasteiger partial charge in [0.1, 0.15) is 0 Å². The van der Waals surface area contributed by atoms with Gasteiger partial charge in [0.2, 0.25) is 15.9 Å². The molecular formula is C16H24N2O5S. The maximum atomic E-state index is 12.0. The number of esters is 1. The molecule has 1 N–H and O–H groups in total. The fourth-order valence-electron chi connectivity index (χ4n) is 2.09. The van der Waals surface area contributed by atoms with E-state index in [4.69, 9.17) is 0 Å². The molecule has 0 unspecified atom stereocenters. The first kappa shape index (κ1) is 20.0. The third kappa shape index (κ3) is 6.19. The van der Waals surface area contributed by atoms with Crippen molar-refractivity contribution in [1.29, 1.82) is 0 Å². The van der Waals surface area contributed by atoms with Gasteiger partial charge in [-0.3, -0.25) is 9.10 Å². The number of nitrogens with one attached hydrogen (secondary N) is 1. The minimum Gasteiger partial charge on any atom is -0.465 e. The monoisotopic (exact) mass is 356 g/mol. The Morgan fingerprint density at radius 3 is 2.58 bits per heavy atom. The number of benzene rings is 1. The molecule has 0 bridgehead atoms. The molecule has 134 valence electrons. The first-order valence-corrected chi connectivity index (χ1v) is 9.57. The van der Waals surface area contributed by atoms with E-state index in [-0.39, 0.29) is 24.4 Å². The van der Waals surface area contributed by atoms with Gasteiger partial charge in [-0.15, -0.1) is 0 Å². The lowest BCUT2D eigenvalue weighted by atomic mass is 10.2. The highest BCUT2D eigenvalue weighted by atomic mass is 32.2. The minimum absolute atomic E-state index is 0.00141. The van der Waals surface area contributed by atoms with Crippen LogP contribution in [0.1, 0.15) is 36.5 Å². The predicted molar refractivity (Wildman–Crippen MR) is 92.5 cm³/mol. The summed E-state index contributed by atoms with van der Waals surface area (Å²) in [6.07, 6.45) is 2.95. The first-order valence-electron chi connectivity index (χ1n) is 7.72. The maximum absolute atomic E-state index is 12.0. The van der Waals surface area contributed by atoms with Gasteiger partial charge >= 0.3 is 5.97 Å². The standard InChI is InChI=1S/C16H24N2O5S/c1-4-5-10-17-15(19)9-11-18(24(3,21)22)14-8-6-7-13(12-14)16(20)23-2/h6-8,12H,4-5,9-11H2,1-3H3,(H,17,19). The molecule has 0 aliphatic rings. The summed E-state index contributed by atoms with van der Waals surface area (Å²) < 4.78 is 29.8. The van der Waals surface area contributed by atoms with Gasteiger partial charge in [-0.1, -0.05) is 19.4 Å². The van der Waals surface area contributed by atoms with Crippen LogP contribution in [0.3, 0.4) is 0 Å². The van der Waals surface area contributed by atoms with Crippen molar-refractivity contribution in [1.82, 2.24) is 5.32 Å². The number of hydrogen-bond donors (Lipinski definition) is 1. The highest BCUT2D eigenvalue weighted by Gasteiger charge is 2.20. The van der Waals surface area contributed by atoms with Crippen LogP contribution in [0.5, 0.6) is 0 Å².